The number of methoxy groups -OCH3 is 1. The second-order valence-electron chi connectivity index (χ2n) is 8.36. The van der Waals surface area contributed by atoms with Gasteiger partial charge in [0.1, 0.15) is 11.5 Å². The Morgan fingerprint density at radius 2 is 1.78 bits per heavy atom. The minimum Gasteiger partial charge on any atom is -0.468 e. The van der Waals surface area contributed by atoms with E-state index in [2.05, 4.69) is 6.58 Å². The molecule has 2 aliphatic rings. The number of carbonyl (C=O) groups excluding carboxylic acids is 2. The van der Waals surface area contributed by atoms with Crippen molar-refractivity contribution < 1.29 is 18.7 Å². The summed E-state index contributed by atoms with van der Waals surface area (Å²) in [6.07, 6.45) is 0.364. The van der Waals surface area contributed by atoms with Gasteiger partial charge >= 0.3 is 0 Å². The molecule has 0 N–H and O–H groups in total. The topological polar surface area (TPSA) is 73.6 Å². The molecule has 5 nitrogen and oxygen atoms in total. The van der Waals surface area contributed by atoms with Gasteiger partial charge in [-0.15, -0.1) is 0 Å². The van der Waals surface area contributed by atoms with Gasteiger partial charge in [0.05, 0.1) is 12.7 Å². The summed E-state index contributed by atoms with van der Waals surface area (Å²) < 4.78 is 11.3. The van der Waals surface area contributed by atoms with Crippen molar-refractivity contribution in [3.05, 3.63) is 39.3 Å². The first kappa shape index (κ1) is 19.6. The zero-order valence-corrected chi connectivity index (χ0v) is 17.2. The lowest BCUT2D eigenvalue weighted by Gasteiger charge is -2.27. The van der Waals surface area contributed by atoms with E-state index in [1.807, 2.05) is 20.8 Å². The molecule has 5 atom stereocenters. The number of allylic oxidation sites excluding steroid dienone is 1. The Morgan fingerprint density at radius 3 is 2.30 bits per heavy atom. The molecular formula is C22H28O5. The first-order valence-corrected chi connectivity index (χ1v) is 9.45. The van der Waals surface area contributed by atoms with Gasteiger partial charge < -0.3 is 9.15 Å². The zero-order valence-electron chi connectivity index (χ0n) is 17.2. The van der Waals surface area contributed by atoms with E-state index in [9.17, 15) is 14.4 Å². The predicted octanol–water partition coefficient (Wildman–Crippen LogP) is 3.53. The van der Waals surface area contributed by atoms with Crippen LogP contribution in [0.2, 0.25) is 0 Å². The van der Waals surface area contributed by atoms with Gasteiger partial charge in [-0.2, -0.15) is 0 Å². The summed E-state index contributed by atoms with van der Waals surface area (Å²) in [4.78, 5) is 38.2. The number of fused-ring (bicyclic) bond motifs is 1. The third-order valence-electron chi connectivity index (χ3n) is 7.32. The van der Waals surface area contributed by atoms with E-state index in [4.69, 9.17) is 9.15 Å². The second-order valence-corrected chi connectivity index (χ2v) is 8.36. The molecule has 0 aromatic carbocycles. The fourth-order valence-electron chi connectivity index (χ4n) is 5.60. The number of ketones is 2. The molecule has 0 bridgehead atoms. The normalized spacial score (nSPS) is 34.3. The van der Waals surface area contributed by atoms with Crippen molar-refractivity contribution in [3.8, 4) is 5.95 Å². The van der Waals surface area contributed by atoms with Crippen LogP contribution < -0.4 is 10.2 Å². The average Bonchev–Trinajstić information content (AvgIpc) is 3.06. The van der Waals surface area contributed by atoms with Crippen molar-refractivity contribution in [2.24, 2.45) is 23.2 Å². The summed E-state index contributed by atoms with van der Waals surface area (Å²) >= 11 is 0. The first-order chi connectivity index (χ1) is 12.5. The number of ether oxygens (including phenoxy) is 1. The van der Waals surface area contributed by atoms with Crippen LogP contribution in [0.3, 0.4) is 0 Å². The minimum absolute atomic E-state index is 0.0159. The minimum atomic E-state index is -0.686. The third kappa shape index (κ3) is 2.14. The quantitative estimate of drug-likeness (QED) is 0.739. The van der Waals surface area contributed by atoms with Gasteiger partial charge in [-0.1, -0.05) is 34.3 Å². The highest BCUT2D eigenvalue weighted by Gasteiger charge is 2.84. The summed E-state index contributed by atoms with van der Waals surface area (Å²) in [6, 6.07) is 0. The standard InChI is InChI=1S/C22H28O5/c1-9-14(23)10(2)15-11(3)18(25)21(6)17(15)22(21,7)19-12(4)16(24)13(5)20(26-8)27-19/h11,15,17H,2,9H2,1,3-8H3. The summed E-state index contributed by atoms with van der Waals surface area (Å²) in [5, 5.41) is 0. The summed E-state index contributed by atoms with van der Waals surface area (Å²) in [6.45, 7) is 15.0. The van der Waals surface area contributed by atoms with Crippen molar-refractivity contribution in [3.63, 3.8) is 0 Å². The van der Waals surface area contributed by atoms with Crippen molar-refractivity contribution in [2.45, 2.75) is 53.4 Å². The predicted molar refractivity (Wildman–Crippen MR) is 102 cm³/mol. The fourth-order valence-corrected chi connectivity index (χ4v) is 5.60. The van der Waals surface area contributed by atoms with Crippen molar-refractivity contribution in [2.75, 3.05) is 7.11 Å². The molecule has 27 heavy (non-hydrogen) atoms. The van der Waals surface area contributed by atoms with Crippen LogP contribution in [0.4, 0.5) is 0 Å². The van der Waals surface area contributed by atoms with Crippen LogP contribution in [0, 0.1) is 37.0 Å². The number of Topliss-reactive ketones (excluding diaryl/α,β-unsaturated/α-hetero) is 2. The molecule has 1 heterocycles. The maximum atomic E-state index is 13.2. The highest BCUT2D eigenvalue weighted by molar-refractivity contribution is 6.02. The van der Waals surface area contributed by atoms with E-state index >= 15 is 0 Å². The van der Waals surface area contributed by atoms with Gasteiger partial charge in [0.25, 0.3) is 5.95 Å². The van der Waals surface area contributed by atoms with Crippen LogP contribution >= 0.6 is 0 Å². The van der Waals surface area contributed by atoms with Crippen molar-refractivity contribution in [1.82, 2.24) is 0 Å². The monoisotopic (exact) mass is 372 g/mol. The molecule has 0 aliphatic heterocycles. The highest BCUT2D eigenvalue weighted by Crippen LogP contribution is 2.79. The summed E-state index contributed by atoms with van der Waals surface area (Å²) in [5.74, 6) is 0.127. The summed E-state index contributed by atoms with van der Waals surface area (Å²) in [7, 11) is 1.46. The van der Waals surface area contributed by atoms with E-state index < -0.39 is 10.8 Å². The Morgan fingerprint density at radius 1 is 1.19 bits per heavy atom. The molecule has 2 saturated carbocycles. The maximum Gasteiger partial charge on any atom is 0.291 e. The van der Waals surface area contributed by atoms with Crippen molar-refractivity contribution >= 4 is 11.6 Å². The maximum absolute atomic E-state index is 13.2. The Kier molecular flexibility index (Phi) is 4.29. The van der Waals surface area contributed by atoms with Crippen LogP contribution in [-0.4, -0.2) is 18.7 Å². The molecule has 5 unspecified atom stereocenters. The molecule has 0 spiro atoms. The molecule has 0 saturated heterocycles. The van der Waals surface area contributed by atoms with Gasteiger partial charge in [0, 0.05) is 34.7 Å². The average molecular weight is 372 g/mol. The van der Waals surface area contributed by atoms with Crippen LogP contribution in [0.15, 0.2) is 21.4 Å². The van der Waals surface area contributed by atoms with Gasteiger partial charge in [0.2, 0.25) is 0 Å². The fraction of sp³-hybridized carbons (Fsp3) is 0.591. The number of carbonyl (C=O) groups is 2. The van der Waals surface area contributed by atoms with E-state index in [1.54, 1.807) is 20.8 Å². The zero-order chi connectivity index (χ0) is 20.5. The molecule has 1 aromatic heterocycles. The first-order valence-electron chi connectivity index (χ1n) is 9.45. The molecule has 5 heteroatoms. The number of hydrogen-bond donors (Lipinski definition) is 0. The number of rotatable bonds is 5. The van der Waals surface area contributed by atoms with Gasteiger partial charge in [-0.25, -0.2) is 0 Å². The van der Waals surface area contributed by atoms with Crippen LogP contribution in [0.5, 0.6) is 5.95 Å². The van der Waals surface area contributed by atoms with Crippen LogP contribution in [0.1, 0.15) is 51.0 Å². The summed E-state index contributed by atoms with van der Waals surface area (Å²) in [5.41, 5.74) is -0.0613. The Hall–Kier alpha value is -2.17. The molecule has 0 radical (unpaired) electrons. The molecular weight excluding hydrogens is 344 g/mol. The molecule has 3 rings (SSSR count). The van der Waals surface area contributed by atoms with Crippen LogP contribution in [0.25, 0.3) is 0 Å². The van der Waals surface area contributed by atoms with E-state index in [-0.39, 0.29) is 40.7 Å². The molecule has 2 aliphatic carbocycles. The SMILES string of the molecule is C=C(C(=O)CC)C1C(C)C(=O)C2(C)C1C2(C)c1oc(OC)c(C)c(=O)c1C. The smallest absolute Gasteiger partial charge is 0.291 e. The Labute approximate surface area is 159 Å². The van der Waals surface area contributed by atoms with Crippen LogP contribution in [-0.2, 0) is 15.0 Å². The molecule has 2 fully saturated rings. The van der Waals surface area contributed by atoms with E-state index in [0.717, 1.165) is 0 Å². The molecule has 1 aromatic rings. The molecule has 146 valence electrons. The second kappa shape index (κ2) is 5.91. The van der Waals surface area contributed by atoms with Gasteiger partial charge in [-0.3, -0.25) is 14.4 Å². The lowest BCUT2D eigenvalue weighted by molar-refractivity contribution is -0.126. The Bertz CT molecular complexity index is 923. The Balaban J connectivity index is 2.18. The third-order valence-corrected chi connectivity index (χ3v) is 7.32. The number of hydrogen-bond acceptors (Lipinski definition) is 5. The van der Waals surface area contributed by atoms with Gasteiger partial charge in [-0.05, 0) is 25.3 Å². The highest BCUT2D eigenvalue weighted by atomic mass is 16.6. The van der Waals surface area contributed by atoms with E-state index in [0.29, 0.717) is 28.9 Å². The lowest BCUT2D eigenvalue weighted by Crippen LogP contribution is -2.33. The largest absolute Gasteiger partial charge is 0.468 e. The van der Waals surface area contributed by atoms with Crippen molar-refractivity contribution in [1.29, 1.82) is 0 Å². The van der Waals surface area contributed by atoms with E-state index in [1.165, 1.54) is 7.11 Å². The van der Waals surface area contributed by atoms with Gasteiger partial charge in [0.15, 0.2) is 11.2 Å². The molecule has 0 amide bonds. The lowest BCUT2D eigenvalue weighted by atomic mass is 9.75.